The fraction of sp³-hybridized carbons (Fsp3) is 0.603. The van der Waals surface area contributed by atoms with Crippen LogP contribution in [-0.2, 0) is 41.4 Å². The number of carbonyl (C=O) groups excluding carboxylic acids is 3. The molecule has 0 bridgehead atoms. The second kappa shape index (κ2) is 31.7. The number of nitrogens with one attached hydrogen (secondary N) is 1. The van der Waals surface area contributed by atoms with Gasteiger partial charge in [-0.15, -0.1) is 0 Å². The highest BCUT2D eigenvalue weighted by Crippen LogP contribution is 2.24. The zero-order valence-corrected chi connectivity index (χ0v) is 40.8. The summed E-state index contributed by atoms with van der Waals surface area (Å²) >= 11 is 0. The molecule has 1 heterocycles. The molecule has 2 unspecified atom stereocenters. The molecule has 1 saturated heterocycles. The van der Waals surface area contributed by atoms with Gasteiger partial charge in [-0.1, -0.05) is 195 Å². The lowest BCUT2D eigenvalue weighted by atomic mass is 9.97. The molecular formula is C58H83NO8. The number of aryl methyl sites for hydroxylation is 2. The van der Waals surface area contributed by atoms with Crippen molar-refractivity contribution in [3.63, 3.8) is 0 Å². The molecule has 0 aromatic heterocycles. The molecule has 5 rings (SSSR count). The average molecular weight is 922 g/mol. The van der Waals surface area contributed by atoms with Gasteiger partial charge in [0.05, 0.1) is 25.7 Å². The molecule has 368 valence electrons. The van der Waals surface area contributed by atoms with Crippen LogP contribution in [0.5, 0.6) is 0 Å². The molecule has 1 fully saturated rings. The number of fused-ring (bicyclic) bond motifs is 2. The van der Waals surface area contributed by atoms with E-state index in [0.29, 0.717) is 19.3 Å². The molecule has 1 aliphatic rings. The Morgan fingerprint density at radius 1 is 0.612 bits per heavy atom. The van der Waals surface area contributed by atoms with Gasteiger partial charge < -0.3 is 29.7 Å². The summed E-state index contributed by atoms with van der Waals surface area (Å²) in [6, 6.07) is 29.3. The van der Waals surface area contributed by atoms with Crippen molar-refractivity contribution in [2.75, 3.05) is 13.2 Å². The number of aliphatic hydroxyl groups is 2. The van der Waals surface area contributed by atoms with E-state index in [1.807, 2.05) is 0 Å². The summed E-state index contributed by atoms with van der Waals surface area (Å²) < 4.78 is 17.5. The highest BCUT2D eigenvalue weighted by molar-refractivity contribution is 5.86. The molecule has 0 radical (unpaired) electrons. The van der Waals surface area contributed by atoms with E-state index in [4.69, 9.17) is 14.2 Å². The summed E-state index contributed by atoms with van der Waals surface area (Å²) in [7, 11) is 0. The van der Waals surface area contributed by atoms with E-state index in [9.17, 15) is 24.6 Å². The van der Waals surface area contributed by atoms with Crippen LogP contribution in [0.15, 0.2) is 84.9 Å². The molecular weight excluding hydrogens is 839 g/mol. The number of amides is 1. The summed E-state index contributed by atoms with van der Waals surface area (Å²) in [4.78, 5) is 39.9. The molecule has 4 aromatic carbocycles. The Labute approximate surface area is 402 Å². The topological polar surface area (TPSA) is 131 Å². The largest absolute Gasteiger partial charge is 0.462 e. The minimum atomic E-state index is -1.31. The van der Waals surface area contributed by atoms with Crippen molar-refractivity contribution in [1.82, 2.24) is 5.32 Å². The van der Waals surface area contributed by atoms with E-state index in [1.54, 1.807) is 0 Å². The summed E-state index contributed by atoms with van der Waals surface area (Å²) in [5, 5.41) is 29.1. The van der Waals surface area contributed by atoms with Crippen LogP contribution >= 0.6 is 0 Å². The number of hydrogen-bond acceptors (Lipinski definition) is 8. The maximum absolute atomic E-state index is 13.6. The summed E-state index contributed by atoms with van der Waals surface area (Å²) in [6.07, 6.45) is 21.9. The van der Waals surface area contributed by atoms with Crippen molar-refractivity contribution in [3.05, 3.63) is 96.1 Å². The summed E-state index contributed by atoms with van der Waals surface area (Å²) in [5.74, 6) is -1.09. The fourth-order valence-corrected chi connectivity index (χ4v) is 9.72. The van der Waals surface area contributed by atoms with Gasteiger partial charge in [0, 0.05) is 12.8 Å². The van der Waals surface area contributed by atoms with Crippen molar-refractivity contribution in [3.8, 4) is 0 Å². The molecule has 3 N–H and O–H groups in total. The number of carbonyl (C=O) groups is 3. The molecule has 5 atom stereocenters. The van der Waals surface area contributed by atoms with Crippen molar-refractivity contribution in [2.24, 2.45) is 0 Å². The number of unbranched alkanes of at least 4 members (excludes halogenated alkanes) is 18. The lowest BCUT2D eigenvalue weighted by Gasteiger charge is -2.39. The molecule has 0 spiro atoms. The number of hydrogen-bond donors (Lipinski definition) is 3. The first-order valence-corrected chi connectivity index (χ1v) is 26.4. The molecule has 67 heavy (non-hydrogen) atoms. The van der Waals surface area contributed by atoms with Gasteiger partial charge in [-0.2, -0.15) is 0 Å². The zero-order valence-electron chi connectivity index (χ0n) is 40.8. The molecule has 1 aliphatic heterocycles. The summed E-state index contributed by atoms with van der Waals surface area (Å²) in [5.41, 5.74) is 2.79. The van der Waals surface area contributed by atoms with Gasteiger partial charge in [0.15, 0.2) is 6.10 Å². The Balaban J connectivity index is 1.01. The third-order valence-electron chi connectivity index (χ3n) is 13.7. The third-order valence-corrected chi connectivity index (χ3v) is 13.7. The highest BCUT2D eigenvalue weighted by atomic mass is 16.6. The van der Waals surface area contributed by atoms with Gasteiger partial charge in [0.2, 0.25) is 5.91 Å². The Morgan fingerprint density at radius 3 is 1.64 bits per heavy atom. The monoisotopic (exact) mass is 922 g/mol. The normalized spacial score (nSPS) is 17.7. The van der Waals surface area contributed by atoms with E-state index >= 15 is 0 Å². The van der Waals surface area contributed by atoms with Crippen LogP contribution in [0.1, 0.15) is 179 Å². The van der Waals surface area contributed by atoms with Crippen LogP contribution < -0.4 is 5.32 Å². The Hall–Kier alpha value is -4.31. The minimum Gasteiger partial charge on any atom is -0.462 e. The number of ether oxygens (including phenoxy) is 3. The van der Waals surface area contributed by atoms with Crippen molar-refractivity contribution in [2.45, 2.75) is 211 Å². The van der Waals surface area contributed by atoms with Gasteiger partial charge in [-0.3, -0.25) is 14.4 Å². The Bertz CT molecular complexity index is 2010. The Kier molecular flexibility index (Phi) is 25.4. The zero-order chi connectivity index (χ0) is 47.3. The van der Waals surface area contributed by atoms with Gasteiger partial charge in [0.25, 0.3) is 0 Å². The van der Waals surface area contributed by atoms with Crippen LogP contribution in [0.3, 0.4) is 0 Å². The van der Waals surface area contributed by atoms with E-state index < -0.39 is 43.0 Å². The molecule has 9 heteroatoms. The number of aliphatic hydroxyl groups excluding tert-OH is 2. The standard InChI is InChI=1S/C58H83NO8/c1-2-3-4-5-6-7-8-15-20-37-49(66-55(62)40-21-16-11-9-13-18-29-45-33-27-35-47-31-23-25-38-50(45)47)42-54(61)59-52-44-65-53(43-60)57(64)58(52)67-56(63)41-22-17-12-10-14-19-30-46-34-28-36-48-32-24-26-39-51(46)48/h23-28,31-36,38-39,49,52-53,57-58,60,64H,2-22,29-30,37,40-44H2,1H3,(H,59,61)/t49?,52-,53?,57+,58+/m0/s1. The van der Waals surface area contributed by atoms with E-state index in [2.05, 4.69) is 97.2 Å². The fourth-order valence-electron chi connectivity index (χ4n) is 9.72. The van der Waals surface area contributed by atoms with Crippen LogP contribution in [0.2, 0.25) is 0 Å². The predicted molar refractivity (Wildman–Crippen MR) is 271 cm³/mol. The van der Waals surface area contributed by atoms with E-state index in [0.717, 1.165) is 103 Å². The quantitative estimate of drug-likeness (QED) is 0.0312. The van der Waals surface area contributed by atoms with Gasteiger partial charge >= 0.3 is 11.9 Å². The maximum atomic E-state index is 13.6. The lowest BCUT2D eigenvalue weighted by molar-refractivity contribution is -0.191. The first-order valence-electron chi connectivity index (χ1n) is 26.4. The van der Waals surface area contributed by atoms with Crippen LogP contribution in [0, 0.1) is 0 Å². The molecule has 0 aliphatic carbocycles. The lowest BCUT2D eigenvalue weighted by Crippen LogP contribution is -2.61. The number of benzene rings is 4. The number of rotatable bonds is 34. The Morgan fingerprint density at radius 2 is 1.09 bits per heavy atom. The van der Waals surface area contributed by atoms with Crippen LogP contribution in [-0.4, -0.2) is 71.7 Å². The van der Waals surface area contributed by atoms with Gasteiger partial charge in [0.1, 0.15) is 18.3 Å². The minimum absolute atomic E-state index is 0.0297. The van der Waals surface area contributed by atoms with Gasteiger partial charge in [-0.05, 0) is 84.0 Å². The second-order valence-electron chi connectivity index (χ2n) is 19.1. The van der Waals surface area contributed by atoms with Crippen molar-refractivity contribution < 1.29 is 38.8 Å². The first kappa shape index (κ1) is 53.6. The third kappa shape index (κ3) is 19.7. The van der Waals surface area contributed by atoms with Crippen LogP contribution in [0.25, 0.3) is 21.5 Å². The predicted octanol–water partition coefficient (Wildman–Crippen LogP) is 12.6. The average Bonchev–Trinajstić information content (AvgIpc) is 3.33. The second-order valence-corrected chi connectivity index (χ2v) is 19.1. The highest BCUT2D eigenvalue weighted by Gasteiger charge is 2.42. The van der Waals surface area contributed by atoms with E-state index in [-0.39, 0.29) is 31.3 Å². The van der Waals surface area contributed by atoms with Crippen LogP contribution in [0.4, 0.5) is 0 Å². The molecule has 0 saturated carbocycles. The molecule has 1 amide bonds. The summed E-state index contributed by atoms with van der Waals surface area (Å²) in [6.45, 7) is 1.75. The first-order chi connectivity index (χ1) is 32.9. The molecule has 9 nitrogen and oxygen atoms in total. The van der Waals surface area contributed by atoms with Gasteiger partial charge in [-0.25, -0.2) is 0 Å². The van der Waals surface area contributed by atoms with Crippen molar-refractivity contribution in [1.29, 1.82) is 0 Å². The molecule has 4 aromatic rings. The van der Waals surface area contributed by atoms with Crippen molar-refractivity contribution >= 4 is 39.4 Å². The van der Waals surface area contributed by atoms with E-state index in [1.165, 1.54) is 71.2 Å². The maximum Gasteiger partial charge on any atom is 0.306 e. The number of esters is 2. The SMILES string of the molecule is CCCCCCCCCCCC(CC(=O)N[C@H]1COC(CO)[C@@H](O)[C@@H]1OC(=O)CCCCCCCCc1cccc2ccccc12)OC(=O)CCCCCCCCc1cccc2ccccc12. The smallest absolute Gasteiger partial charge is 0.306 e.